The maximum absolute atomic E-state index is 14.4. The van der Waals surface area contributed by atoms with Crippen LogP contribution in [0, 0.1) is 23.3 Å². The average molecular weight is 524 g/mol. The van der Waals surface area contributed by atoms with Gasteiger partial charge in [0.25, 0.3) is 0 Å². The second kappa shape index (κ2) is 9.83. The smallest absolute Gasteiger partial charge is 0.282 e. The van der Waals surface area contributed by atoms with E-state index in [2.05, 4.69) is 0 Å². The zero-order chi connectivity index (χ0) is 24.5. The lowest BCUT2D eigenvalue weighted by molar-refractivity contribution is 0.384. The fourth-order valence-corrected chi connectivity index (χ4v) is 6.77. The van der Waals surface area contributed by atoms with Crippen LogP contribution < -0.4 is 0 Å². The quantitative estimate of drug-likeness (QED) is 0.132. The van der Waals surface area contributed by atoms with E-state index in [0.717, 1.165) is 14.7 Å². The molecule has 0 unspecified atom stereocenters. The molecule has 0 aliphatic rings. The molecular formula is C24H15F4O3S3+. The van der Waals surface area contributed by atoms with Crippen molar-refractivity contribution >= 4 is 32.8 Å². The van der Waals surface area contributed by atoms with E-state index < -0.39 is 54.1 Å². The Morgan fingerprint density at radius 3 is 1.44 bits per heavy atom. The molecule has 0 saturated heterocycles. The molecule has 4 aromatic carbocycles. The molecule has 0 fully saturated rings. The van der Waals surface area contributed by atoms with Gasteiger partial charge in [0.15, 0.2) is 42.9 Å². The normalized spacial score (nSPS) is 11.7. The van der Waals surface area contributed by atoms with Gasteiger partial charge in [-0.15, -0.1) is 0 Å². The molecule has 0 aromatic heterocycles. The van der Waals surface area contributed by atoms with E-state index in [0.29, 0.717) is 11.8 Å². The van der Waals surface area contributed by atoms with Crippen LogP contribution in [0.3, 0.4) is 0 Å². The van der Waals surface area contributed by atoms with Gasteiger partial charge in [-0.1, -0.05) is 48.2 Å². The second-order valence-corrected chi connectivity index (χ2v) is 11.4. The molecule has 174 valence electrons. The van der Waals surface area contributed by atoms with Crippen LogP contribution in [0.5, 0.6) is 0 Å². The van der Waals surface area contributed by atoms with Crippen molar-refractivity contribution in [3.63, 3.8) is 0 Å². The second-order valence-electron chi connectivity index (χ2n) is 6.90. The highest BCUT2D eigenvalue weighted by Gasteiger charge is 2.33. The first-order chi connectivity index (χ1) is 16.2. The standard InChI is InChI=1S/C24H14F4O3S3/c25-19-21(27)24(34(29,30)31)22(28)20(26)23(19)32-15-11-13-18(14-12-15)33(16-7-3-1-4-8-16)17-9-5-2-6-10-17/h1-14H/p+1. The summed E-state index contributed by atoms with van der Waals surface area (Å²) in [5.41, 5.74) is 0. The summed E-state index contributed by atoms with van der Waals surface area (Å²) >= 11 is 0.397. The maximum atomic E-state index is 14.4. The molecule has 0 bridgehead atoms. The first-order valence-corrected chi connectivity index (χ1v) is 13.1. The van der Waals surface area contributed by atoms with Gasteiger partial charge in [-0.05, 0) is 48.5 Å². The van der Waals surface area contributed by atoms with Gasteiger partial charge in [0, 0.05) is 4.90 Å². The molecular weight excluding hydrogens is 508 g/mol. The zero-order valence-electron chi connectivity index (χ0n) is 17.1. The Labute approximate surface area is 200 Å². The van der Waals surface area contributed by atoms with Gasteiger partial charge in [0.2, 0.25) is 0 Å². The summed E-state index contributed by atoms with van der Waals surface area (Å²) in [6.07, 6.45) is 0. The van der Waals surface area contributed by atoms with Crippen LogP contribution >= 0.6 is 11.8 Å². The highest BCUT2D eigenvalue weighted by atomic mass is 32.2. The van der Waals surface area contributed by atoms with Crippen molar-refractivity contribution in [2.24, 2.45) is 0 Å². The third-order valence-electron chi connectivity index (χ3n) is 4.68. The SMILES string of the molecule is O=S(=O)(O)c1c(F)c(F)c(Sc2ccc([S+](c3ccccc3)c3ccccc3)cc2)c(F)c1F. The minimum Gasteiger partial charge on any atom is -0.282 e. The number of hydrogen-bond donors (Lipinski definition) is 1. The van der Waals surface area contributed by atoms with E-state index in [1.54, 1.807) is 24.3 Å². The molecule has 0 spiro atoms. The Hall–Kier alpha value is -2.79. The van der Waals surface area contributed by atoms with E-state index in [4.69, 9.17) is 4.55 Å². The lowest BCUT2D eigenvalue weighted by Gasteiger charge is -2.11. The topological polar surface area (TPSA) is 54.4 Å². The predicted molar refractivity (Wildman–Crippen MR) is 122 cm³/mol. The zero-order valence-corrected chi connectivity index (χ0v) is 19.5. The highest BCUT2D eigenvalue weighted by Crippen LogP contribution is 2.38. The van der Waals surface area contributed by atoms with Crippen molar-refractivity contribution in [1.29, 1.82) is 0 Å². The number of halogens is 4. The fourth-order valence-electron chi connectivity index (χ4n) is 3.19. The summed E-state index contributed by atoms with van der Waals surface area (Å²) in [5, 5.41) is 0. The van der Waals surface area contributed by atoms with Gasteiger partial charge in [-0.3, -0.25) is 4.55 Å². The van der Waals surface area contributed by atoms with Crippen molar-refractivity contribution in [2.45, 2.75) is 29.4 Å². The van der Waals surface area contributed by atoms with E-state index in [9.17, 15) is 26.0 Å². The molecule has 10 heteroatoms. The van der Waals surface area contributed by atoms with Crippen molar-refractivity contribution < 1.29 is 30.5 Å². The van der Waals surface area contributed by atoms with Crippen molar-refractivity contribution in [1.82, 2.24) is 0 Å². The minimum absolute atomic E-state index is 0.268. The van der Waals surface area contributed by atoms with Crippen LogP contribution in [-0.2, 0) is 21.0 Å². The van der Waals surface area contributed by atoms with Crippen LogP contribution in [0.2, 0.25) is 0 Å². The minimum atomic E-state index is -5.51. The van der Waals surface area contributed by atoms with E-state index >= 15 is 0 Å². The predicted octanol–water partition coefficient (Wildman–Crippen LogP) is 6.74. The van der Waals surface area contributed by atoms with Gasteiger partial charge in [-0.25, -0.2) is 17.6 Å². The number of hydrogen-bond acceptors (Lipinski definition) is 3. The molecule has 0 heterocycles. The molecule has 4 aromatic rings. The molecule has 0 amide bonds. The first kappa shape index (κ1) is 24.3. The lowest BCUT2D eigenvalue weighted by atomic mass is 10.3. The molecule has 3 nitrogen and oxygen atoms in total. The summed E-state index contributed by atoms with van der Waals surface area (Å²) in [7, 11) is -5.98. The van der Waals surface area contributed by atoms with Gasteiger partial charge in [-0.2, -0.15) is 8.42 Å². The van der Waals surface area contributed by atoms with E-state index in [-0.39, 0.29) is 4.90 Å². The summed E-state index contributed by atoms with van der Waals surface area (Å²) in [6.45, 7) is 0. The Morgan fingerprint density at radius 2 is 1.03 bits per heavy atom. The highest BCUT2D eigenvalue weighted by molar-refractivity contribution is 7.99. The average Bonchev–Trinajstić information content (AvgIpc) is 2.82. The van der Waals surface area contributed by atoms with Crippen molar-refractivity contribution in [3.8, 4) is 0 Å². The van der Waals surface area contributed by atoms with Gasteiger partial charge in [0.05, 0.1) is 15.8 Å². The molecule has 34 heavy (non-hydrogen) atoms. The molecule has 0 aliphatic heterocycles. The molecule has 1 N–H and O–H groups in total. The summed E-state index contributed by atoms with van der Waals surface area (Å²) in [4.78, 5) is 0.163. The molecule has 0 radical (unpaired) electrons. The summed E-state index contributed by atoms with van der Waals surface area (Å²) < 4.78 is 88.2. The van der Waals surface area contributed by atoms with Gasteiger partial charge >= 0.3 is 10.1 Å². The van der Waals surface area contributed by atoms with E-state index in [1.165, 1.54) is 0 Å². The lowest BCUT2D eigenvalue weighted by Crippen LogP contribution is -2.11. The molecule has 4 rings (SSSR count). The van der Waals surface area contributed by atoms with Crippen LogP contribution in [0.25, 0.3) is 0 Å². The Bertz CT molecular complexity index is 1360. The van der Waals surface area contributed by atoms with Crippen molar-refractivity contribution in [2.75, 3.05) is 0 Å². The maximum Gasteiger partial charge on any atom is 0.300 e. The van der Waals surface area contributed by atoms with Crippen LogP contribution in [0.1, 0.15) is 0 Å². The largest absolute Gasteiger partial charge is 0.300 e. The van der Waals surface area contributed by atoms with Crippen LogP contribution in [-0.4, -0.2) is 13.0 Å². The fraction of sp³-hybridized carbons (Fsp3) is 0. The molecule has 0 saturated carbocycles. The Kier molecular flexibility index (Phi) is 7.04. The molecule has 0 aliphatic carbocycles. The Balaban J connectivity index is 1.71. The van der Waals surface area contributed by atoms with Crippen molar-refractivity contribution in [3.05, 3.63) is 108 Å². The number of benzene rings is 4. The summed E-state index contributed by atoms with van der Waals surface area (Å²) in [5.74, 6) is -8.19. The first-order valence-electron chi connectivity index (χ1n) is 9.64. The third kappa shape index (κ3) is 4.85. The third-order valence-corrected chi connectivity index (χ3v) is 8.85. The van der Waals surface area contributed by atoms with Crippen LogP contribution in [0.4, 0.5) is 17.6 Å². The number of rotatable bonds is 6. The van der Waals surface area contributed by atoms with E-state index in [1.807, 2.05) is 60.7 Å². The monoisotopic (exact) mass is 523 g/mol. The Morgan fingerprint density at radius 1 is 0.618 bits per heavy atom. The van der Waals surface area contributed by atoms with Gasteiger partial charge < -0.3 is 0 Å². The summed E-state index contributed by atoms with van der Waals surface area (Å²) in [6, 6.07) is 26.1. The van der Waals surface area contributed by atoms with Crippen LogP contribution in [0.15, 0.2) is 114 Å². The molecule has 0 atom stereocenters. The van der Waals surface area contributed by atoms with Gasteiger partial charge in [0.1, 0.15) is 0 Å².